The first kappa shape index (κ1) is 24.4. The average molecular weight is 532 g/mol. The van der Waals surface area contributed by atoms with Gasteiger partial charge in [-0.3, -0.25) is 4.90 Å². The predicted octanol–water partition coefficient (Wildman–Crippen LogP) is 3.48. The summed E-state index contributed by atoms with van der Waals surface area (Å²) in [6.45, 7) is 6.10. The van der Waals surface area contributed by atoms with E-state index in [9.17, 15) is 10.5 Å². The van der Waals surface area contributed by atoms with Gasteiger partial charge < -0.3 is 14.5 Å². The molecule has 4 saturated heterocycles. The average Bonchev–Trinajstić information content (AvgIpc) is 3.41. The summed E-state index contributed by atoms with van der Waals surface area (Å²) in [6.07, 6.45) is 8.56. The van der Waals surface area contributed by atoms with Crippen LogP contribution in [0.2, 0.25) is 0 Å². The van der Waals surface area contributed by atoms with Crippen molar-refractivity contribution in [3.05, 3.63) is 66.2 Å². The lowest BCUT2D eigenvalue weighted by molar-refractivity contribution is -0.00876. The van der Waals surface area contributed by atoms with Gasteiger partial charge in [-0.1, -0.05) is 6.07 Å². The van der Waals surface area contributed by atoms with Gasteiger partial charge >= 0.3 is 0 Å². The SMILES string of the molecule is COc1ccc(CN2C3CC2CN(c2ccc(-c4cc(N5CC(C)(C#N)C5)cn5ncc(C#N)c45)cn2)C3)cn1. The normalized spacial score (nSPS) is 21.3. The number of aromatic nitrogens is 4. The van der Waals surface area contributed by atoms with Crippen LogP contribution in [-0.4, -0.2) is 69.9 Å². The number of pyridine rings is 3. The minimum absolute atomic E-state index is 0.337. The van der Waals surface area contributed by atoms with E-state index >= 15 is 0 Å². The van der Waals surface area contributed by atoms with Crippen LogP contribution in [0, 0.1) is 28.1 Å². The van der Waals surface area contributed by atoms with E-state index in [1.54, 1.807) is 17.8 Å². The quantitative estimate of drug-likeness (QED) is 0.369. The molecule has 0 N–H and O–H groups in total. The molecule has 4 aromatic heterocycles. The lowest BCUT2D eigenvalue weighted by Gasteiger charge is -2.56. The molecule has 4 aromatic rings. The van der Waals surface area contributed by atoms with Crippen molar-refractivity contribution in [1.82, 2.24) is 24.5 Å². The topological polar surface area (TPSA) is 110 Å². The zero-order chi connectivity index (χ0) is 27.4. The standard InChI is InChI=1S/C30H29N9O/c1-30(17-32)18-37(19-30)23-8-26(29-22(9-31)12-35-39(29)16-23)21-4-5-27(33-11-21)36-14-24-7-25(15-36)38(24)13-20-3-6-28(40-2)34-10-20/h3-6,8,10-12,16,24-25H,7,13-15,18-19H2,1-2H3. The first-order valence-electron chi connectivity index (χ1n) is 13.5. The van der Waals surface area contributed by atoms with Crippen LogP contribution in [0.25, 0.3) is 16.6 Å². The van der Waals surface area contributed by atoms with E-state index in [-0.39, 0.29) is 5.41 Å². The van der Waals surface area contributed by atoms with Gasteiger partial charge in [0.1, 0.15) is 11.9 Å². The minimum atomic E-state index is -0.337. The molecular formula is C30H29N9O. The number of fused-ring (bicyclic) bond motifs is 3. The Balaban J connectivity index is 1.10. The number of hydrogen-bond donors (Lipinski definition) is 0. The van der Waals surface area contributed by atoms with E-state index in [4.69, 9.17) is 9.72 Å². The minimum Gasteiger partial charge on any atom is -0.481 e. The van der Waals surface area contributed by atoms with Crippen LogP contribution in [0.15, 0.2) is 55.1 Å². The maximum atomic E-state index is 9.73. The summed E-state index contributed by atoms with van der Waals surface area (Å²) in [7, 11) is 1.63. The van der Waals surface area contributed by atoms with E-state index < -0.39 is 0 Å². The number of ether oxygens (including phenoxy) is 1. The number of anilines is 2. The van der Waals surface area contributed by atoms with E-state index in [1.807, 2.05) is 31.6 Å². The highest BCUT2D eigenvalue weighted by atomic mass is 16.5. The first-order chi connectivity index (χ1) is 19.5. The van der Waals surface area contributed by atoms with Gasteiger partial charge in [0.2, 0.25) is 5.88 Å². The van der Waals surface area contributed by atoms with Crippen LogP contribution in [0.3, 0.4) is 0 Å². The van der Waals surface area contributed by atoms with Crippen LogP contribution < -0.4 is 14.5 Å². The molecule has 40 heavy (non-hydrogen) atoms. The zero-order valence-corrected chi connectivity index (χ0v) is 22.5. The summed E-state index contributed by atoms with van der Waals surface area (Å²) in [6, 6.07) is 16.0. The summed E-state index contributed by atoms with van der Waals surface area (Å²) < 4.78 is 6.95. The highest BCUT2D eigenvalue weighted by Gasteiger charge is 2.44. The van der Waals surface area contributed by atoms with Crippen LogP contribution in [0.4, 0.5) is 11.5 Å². The van der Waals surface area contributed by atoms with Crippen LogP contribution >= 0.6 is 0 Å². The second-order valence-corrected chi connectivity index (χ2v) is 11.3. The maximum absolute atomic E-state index is 9.73. The molecule has 4 fully saturated rings. The van der Waals surface area contributed by atoms with Gasteiger partial charge in [-0.25, -0.2) is 14.5 Å². The van der Waals surface area contributed by atoms with Crippen molar-refractivity contribution in [2.75, 3.05) is 43.1 Å². The van der Waals surface area contributed by atoms with Crippen LogP contribution in [-0.2, 0) is 6.54 Å². The lowest BCUT2D eigenvalue weighted by atomic mass is 9.83. The molecule has 0 spiro atoms. The van der Waals surface area contributed by atoms with Crippen molar-refractivity contribution in [1.29, 1.82) is 10.5 Å². The second-order valence-electron chi connectivity index (χ2n) is 11.3. The van der Waals surface area contributed by atoms with Crippen molar-refractivity contribution >= 4 is 17.0 Å². The molecule has 2 unspecified atom stereocenters. The Labute approximate surface area is 232 Å². The molecule has 4 aliphatic heterocycles. The molecule has 8 heterocycles. The monoisotopic (exact) mass is 531 g/mol. The third-order valence-corrected chi connectivity index (χ3v) is 8.53. The molecule has 200 valence electrons. The second kappa shape index (κ2) is 9.22. The van der Waals surface area contributed by atoms with Crippen molar-refractivity contribution in [2.45, 2.75) is 32.0 Å². The molecule has 2 bridgehead atoms. The molecule has 0 radical (unpaired) electrons. The molecule has 10 heteroatoms. The molecule has 0 saturated carbocycles. The number of piperazine rings is 1. The molecule has 0 amide bonds. The van der Waals surface area contributed by atoms with Gasteiger partial charge in [0, 0.05) is 74.4 Å². The van der Waals surface area contributed by atoms with E-state index in [2.05, 4.69) is 61.2 Å². The summed E-state index contributed by atoms with van der Waals surface area (Å²) >= 11 is 0. The van der Waals surface area contributed by atoms with E-state index in [1.165, 1.54) is 12.0 Å². The highest BCUT2D eigenvalue weighted by molar-refractivity contribution is 5.86. The summed E-state index contributed by atoms with van der Waals surface area (Å²) in [4.78, 5) is 16.3. The number of rotatable bonds is 6. The van der Waals surface area contributed by atoms with Crippen molar-refractivity contribution in [3.8, 4) is 29.1 Å². The number of nitrogens with zero attached hydrogens (tertiary/aromatic N) is 9. The Morgan fingerprint density at radius 1 is 1.02 bits per heavy atom. The molecule has 2 atom stereocenters. The Bertz CT molecular complexity index is 1650. The molecule has 10 nitrogen and oxygen atoms in total. The van der Waals surface area contributed by atoms with Gasteiger partial charge in [-0.15, -0.1) is 0 Å². The van der Waals surface area contributed by atoms with Crippen molar-refractivity contribution in [3.63, 3.8) is 0 Å². The van der Waals surface area contributed by atoms with Crippen LogP contribution in [0.1, 0.15) is 24.5 Å². The summed E-state index contributed by atoms with van der Waals surface area (Å²) in [5, 5.41) is 23.6. The zero-order valence-electron chi connectivity index (χ0n) is 22.5. The lowest BCUT2D eigenvalue weighted by Crippen LogP contribution is -2.68. The highest BCUT2D eigenvalue weighted by Crippen LogP contribution is 2.39. The summed E-state index contributed by atoms with van der Waals surface area (Å²) in [5.41, 5.74) is 4.99. The largest absolute Gasteiger partial charge is 0.481 e. The fourth-order valence-electron chi connectivity index (χ4n) is 6.33. The fourth-order valence-corrected chi connectivity index (χ4v) is 6.33. The fraction of sp³-hybridized carbons (Fsp3) is 0.367. The van der Waals surface area contributed by atoms with Gasteiger partial charge in [0.05, 0.1) is 47.8 Å². The van der Waals surface area contributed by atoms with Crippen LogP contribution in [0.5, 0.6) is 5.88 Å². The van der Waals surface area contributed by atoms with Gasteiger partial charge in [-0.2, -0.15) is 15.6 Å². The smallest absolute Gasteiger partial charge is 0.212 e. The number of methoxy groups -OCH3 is 1. The molecule has 4 aliphatic rings. The van der Waals surface area contributed by atoms with Crippen molar-refractivity contribution < 1.29 is 4.74 Å². The third kappa shape index (κ3) is 4.00. The third-order valence-electron chi connectivity index (χ3n) is 8.53. The first-order valence-corrected chi connectivity index (χ1v) is 13.5. The van der Waals surface area contributed by atoms with Gasteiger partial charge in [0.15, 0.2) is 0 Å². The maximum Gasteiger partial charge on any atom is 0.212 e. The Morgan fingerprint density at radius 2 is 1.85 bits per heavy atom. The predicted molar refractivity (Wildman–Crippen MR) is 150 cm³/mol. The summed E-state index contributed by atoms with van der Waals surface area (Å²) in [5.74, 6) is 1.61. The van der Waals surface area contributed by atoms with Crippen molar-refractivity contribution in [2.24, 2.45) is 5.41 Å². The number of hydrogen-bond acceptors (Lipinski definition) is 9. The Morgan fingerprint density at radius 3 is 2.50 bits per heavy atom. The molecular weight excluding hydrogens is 502 g/mol. The Kier molecular flexibility index (Phi) is 5.62. The number of piperidine rings is 1. The Hall–Kier alpha value is -4.67. The van der Waals surface area contributed by atoms with E-state index in [0.29, 0.717) is 36.6 Å². The number of nitriles is 2. The molecule has 8 rings (SSSR count). The van der Waals surface area contributed by atoms with Gasteiger partial charge in [0.25, 0.3) is 0 Å². The van der Waals surface area contributed by atoms with E-state index in [0.717, 1.165) is 47.8 Å². The molecule has 0 aromatic carbocycles. The molecule has 0 aliphatic carbocycles. The van der Waals surface area contributed by atoms with Gasteiger partial charge in [-0.05, 0) is 37.1 Å².